The number of ether oxygens (including phenoxy) is 1. The van der Waals surface area contributed by atoms with E-state index in [0.29, 0.717) is 11.1 Å². The van der Waals surface area contributed by atoms with Gasteiger partial charge in [-0.1, -0.05) is 29.3 Å². The maximum absolute atomic E-state index is 6.09. The van der Waals surface area contributed by atoms with Crippen LogP contribution in [0.25, 0.3) is 0 Å². The van der Waals surface area contributed by atoms with Crippen molar-refractivity contribution < 1.29 is 10.1 Å². The molecule has 0 saturated carbocycles. The van der Waals surface area contributed by atoms with Crippen molar-refractivity contribution in [3.8, 4) is 0 Å². The van der Waals surface area contributed by atoms with E-state index in [4.69, 9.17) is 27.9 Å². The first kappa shape index (κ1) is 12.2. The molecule has 0 spiro atoms. The highest BCUT2D eigenvalue weighted by atomic mass is 35.5. The topological polar surface area (TPSA) is 25.8 Å². The van der Waals surface area contributed by atoms with E-state index in [9.17, 15) is 0 Å². The molecule has 0 aliphatic carbocycles. The molecule has 2 N–H and O–H groups in total. The first-order valence-electron chi connectivity index (χ1n) is 5.63. The van der Waals surface area contributed by atoms with Gasteiger partial charge in [0, 0.05) is 17.2 Å². The second-order valence-electron chi connectivity index (χ2n) is 4.10. The molecule has 1 atom stereocenters. The Balaban J connectivity index is 1.80. The summed E-state index contributed by atoms with van der Waals surface area (Å²) in [4.78, 5) is 0. The number of hydrogen-bond donors (Lipinski definition) is 1. The van der Waals surface area contributed by atoms with E-state index in [1.165, 1.54) is 12.8 Å². The van der Waals surface area contributed by atoms with Crippen LogP contribution in [0.15, 0.2) is 18.2 Å². The fourth-order valence-electron chi connectivity index (χ4n) is 1.94. The molecule has 0 amide bonds. The van der Waals surface area contributed by atoms with Crippen molar-refractivity contribution in [2.45, 2.75) is 25.5 Å². The third kappa shape index (κ3) is 3.36. The molecular weight excluding hydrogens is 245 g/mol. The molecular formula is C12H16Cl2NO+. The molecule has 2 rings (SSSR count). The van der Waals surface area contributed by atoms with Gasteiger partial charge in [-0.3, -0.25) is 0 Å². The maximum Gasteiger partial charge on any atom is 0.106 e. The van der Waals surface area contributed by atoms with Gasteiger partial charge in [-0.05, 0) is 25.0 Å². The fraction of sp³-hybridized carbons (Fsp3) is 0.500. The average molecular weight is 261 g/mol. The molecule has 0 radical (unpaired) electrons. The maximum atomic E-state index is 6.09. The third-order valence-corrected chi connectivity index (χ3v) is 3.42. The molecule has 0 bridgehead atoms. The molecule has 1 aromatic carbocycles. The monoisotopic (exact) mass is 260 g/mol. The third-order valence-electron chi connectivity index (χ3n) is 2.83. The van der Waals surface area contributed by atoms with Gasteiger partial charge >= 0.3 is 0 Å². The van der Waals surface area contributed by atoms with E-state index >= 15 is 0 Å². The molecule has 16 heavy (non-hydrogen) atoms. The SMILES string of the molecule is Clc1ccc(C[NH2+]C[C@@H]2CCCO2)c(Cl)c1. The second kappa shape index (κ2) is 5.87. The van der Waals surface area contributed by atoms with Crippen molar-refractivity contribution >= 4 is 23.2 Å². The lowest BCUT2D eigenvalue weighted by Crippen LogP contribution is -2.84. The van der Waals surface area contributed by atoms with E-state index < -0.39 is 0 Å². The highest BCUT2D eigenvalue weighted by Crippen LogP contribution is 2.20. The zero-order valence-electron chi connectivity index (χ0n) is 9.09. The van der Waals surface area contributed by atoms with Crippen molar-refractivity contribution in [2.24, 2.45) is 0 Å². The number of rotatable bonds is 4. The van der Waals surface area contributed by atoms with Gasteiger partial charge in [-0.25, -0.2) is 0 Å². The molecule has 1 aliphatic rings. The normalized spacial score (nSPS) is 20.2. The number of halogens is 2. The van der Waals surface area contributed by atoms with Gasteiger partial charge in [0.25, 0.3) is 0 Å². The predicted octanol–water partition coefficient (Wildman–Crippen LogP) is 2.24. The number of nitrogens with two attached hydrogens (primary N) is 1. The molecule has 1 aromatic rings. The van der Waals surface area contributed by atoms with E-state index in [1.807, 2.05) is 12.1 Å². The van der Waals surface area contributed by atoms with Crippen LogP contribution in [0.5, 0.6) is 0 Å². The van der Waals surface area contributed by atoms with Gasteiger partial charge in [-0.2, -0.15) is 0 Å². The zero-order valence-corrected chi connectivity index (χ0v) is 10.6. The van der Waals surface area contributed by atoms with E-state index in [0.717, 1.165) is 30.3 Å². The van der Waals surface area contributed by atoms with Crippen LogP contribution < -0.4 is 5.32 Å². The quantitative estimate of drug-likeness (QED) is 0.883. The lowest BCUT2D eigenvalue weighted by Gasteiger charge is -2.08. The van der Waals surface area contributed by atoms with Gasteiger partial charge in [0.2, 0.25) is 0 Å². The lowest BCUT2D eigenvalue weighted by atomic mass is 10.2. The van der Waals surface area contributed by atoms with Crippen molar-refractivity contribution in [1.29, 1.82) is 0 Å². The zero-order chi connectivity index (χ0) is 11.4. The van der Waals surface area contributed by atoms with Crippen LogP contribution in [0, 0.1) is 0 Å². The summed E-state index contributed by atoms with van der Waals surface area (Å²) in [6, 6.07) is 5.65. The van der Waals surface area contributed by atoms with Crippen LogP contribution in [0.1, 0.15) is 18.4 Å². The largest absolute Gasteiger partial charge is 0.372 e. The molecule has 1 saturated heterocycles. The molecule has 4 heteroatoms. The fourth-order valence-corrected chi connectivity index (χ4v) is 2.43. The Hall–Kier alpha value is -0.280. The van der Waals surface area contributed by atoms with Crippen LogP contribution in [-0.4, -0.2) is 19.3 Å². The Morgan fingerprint density at radius 2 is 2.25 bits per heavy atom. The van der Waals surface area contributed by atoms with Gasteiger partial charge in [0.15, 0.2) is 0 Å². The van der Waals surface area contributed by atoms with E-state index in [-0.39, 0.29) is 0 Å². The smallest absolute Gasteiger partial charge is 0.106 e. The molecule has 1 aliphatic heterocycles. The van der Waals surface area contributed by atoms with E-state index in [2.05, 4.69) is 5.32 Å². The number of quaternary nitrogens is 1. The van der Waals surface area contributed by atoms with Crippen LogP contribution >= 0.6 is 23.2 Å². The van der Waals surface area contributed by atoms with Gasteiger partial charge < -0.3 is 10.1 Å². The summed E-state index contributed by atoms with van der Waals surface area (Å²) in [5.41, 5.74) is 1.13. The van der Waals surface area contributed by atoms with Gasteiger partial charge in [0.05, 0.1) is 5.02 Å². The summed E-state index contributed by atoms with van der Waals surface area (Å²) in [5.74, 6) is 0. The van der Waals surface area contributed by atoms with Crippen LogP contribution in [0.4, 0.5) is 0 Å². The van der Waals surface area contributed by atoms with Crippen LogP contribution in [0.2, 0.25) is 10.0 Å². The Kier molecular flexibility index (Phi) is 4.47. The molecule has 2 nitrogen and oxygen atoms in total. The first-order chi connectivity index (χ1) is 7.75. The standard InChI is InChI=1S/C12H15Cl2NO/c13-10-4-3-9(12(14)6-10)7-15-8-11-2-1-5-16-11/h3-4,6,11,15H,1-2,5,7-8H2/p+1/t11-/m0/s1. The van der Waals surface area contributed by atoms with E-state index in [1.54, 1.807) is 6.07 Å². The van der Waals surface area contributed by atoms with Crippen LogP contribution in [-0.2, 0) is 11.3 Å². The summed E-state index contributed by atoms with van der Waals surface area (Å²) in [6.45, 7) is 2.81. The van der Waals surface area contributed by atoms with Crippen LogP contribution in [0.3, 0.4) is 0 Å². The minimum absolute atomic E-state index is 0.422. The number of hydrogen-bond acceptors (Lipinski definition) is 1. The Morgan fingerprint density at radius 1 is 1.38 bits per heavy atom. The van der Waals surface area contributed by atoms with Crippen molar-refractivity contribution in [1.82, 2.24) is 0 Å². The van der Waals surface area contributed by atoms with Gasteiger partial charge in [0.1, 0.15) is 19.2 Å². The van der Waals surface area contributed by atoms with Crippen molar-refractivity contribution in [2.75, 3.05) is 13.2 Å². The van der Waals surface area contributed by atoms with Crippen molar-refractivity contribution in [3.05, 3.63) is 33.8 Å². The Labute approximate surface area is 106 Å². The number of benzene rings is 1. The van der Waals surface area contributed by atoms with Gasteiger partial charge in [-0.15, -0.1) is 0 Å². The highest BCUT2D eigenvalue weighted by Gasteiger charge is 2.16. The summed E-state index contributed by atoms with van der Waals surface area (Å²) >= 11 is 11.9. The summed E-state index contributed by atoms with van der Waals surface area (Å²) in [5, 5.41) is 3.68. The lowest BCUT2D eigenvalue weighted by molar-refractivity contribution is -0.676. The molecule has 88 valence electrons. The second-order valence-corrected chi connectivity index (χ2v) is 4.94. The highest BCUT2D eigenvalue weighted by molar-refractivity contribution is 6.35. The minimum atomic E-state index is 0.422. The molecule has 1 heterocycles. The summed E-state index contributed by atoms with van der Waals surface area (Å²) in [7, 11) is 0. The first-order valence-corrected chi connectivity index (χ1v) is 6.38. The summed E-state index contributed by atoms with van der Waals surface area (Å²) in [6.07, 6.45) is 2.80. The molecule has 0 aromatic heterocycles. The minimum Gasteiger partial charge on any atom is -0.372 e. The Morgan fingerprint density at radius 3 is 2.94 bits per heavy atom. The molecule has 0 unspecified atom stereocenters. The molecule has 1 fully saturated rings. The average Bonchev–Trinajstić information content (AvgIpc) is 2.74. The van der Waals surface area contributed by atoms with Crippen molar-refractivity contribution in [3.63, 3.8) is 0 Å². The Bertz CT molecular complexity index is 351. The predicted molar refractivity (Wildman–Crippen MR) is 65.9 cm³/mol. The summed E-state index contributed by atoms with van der Waals surface area (Å²) < 4.78 is 5.55.